The van der Waals surface area contributed by atoms with Crippen LogP contribution in [0.3, 0.4) is 0 Å². The maximum Gasteiger partial charge on any atom is 0.225 e. The molecule has 1 saturated carbocycles. The lowest BCUT2D eigenvalue weighted by Crippen LogP contribution is -2.00. The Balaban J connectivity index is 1.97. The molecule has 1 aromatic heterocycles. The van der Waals surface area contributed by atoms with Gasteiger partial charge in [-0.15, -0.1) is 0 Å². The first kappa shape index (κ1) is 16.2. The van der Waals surface area contributed by atoms with E-state index in [9.17, 15) is 10.2 Å². The standard InChI is InChI=1S/C16H16Cl2N2O3/c1-9-10(3-4-16(22)5-6-16)15(20(2)19-9)23-14-8-13(21)11(17)7-12(14)18/h3-4,7-8,21-22H,5-6H2,1-2H3. The smallest absolute Gasteiger partial charge is 0.225 e. The van der Waals surface area contributed by atoms with Crippen LogP contribution in [0, 0.1) is 6.92 Å². The van der Waals surface area contributed by atoms with Gasteiger partial charge in [-0.1, -0.05) is 29.3 Å². The summed E-state index contributed by atoms with van der Waals surface area (Å²) in [5.74, 6) is 0.623. The van der Waals surface area contributed by atoms with Crippen molar-refractivity contribution < 1.29 is 14.9 Å². The quantitative estimate of drug-likeness (QED) is 0.868. The fourth-order valence-corrected chi connectivity index (χ4v) is 2.62. The summed E-state index contributed by atoms with van der Waals surface area (Å²) in [7, 11) is 1.75. The van der Waals surface area contributed by atoms with E-state index in [1.165, 1.54) is 12.1 Å². The van der Waals surface area contributed by atoms with Crippen LogP contribution < -0.4 is 4.74 Å². The van der Waals surface area contributed by atoms with E-state index in [0.29, 0.717) is 5.88 Å². The third-order valence-electron chi connectivity index (χ3n) is 3.74. The summed E-state index contributed by atoms with van der Waals surface area (Å²) in [6.07, 6.45) is 5.07. The van der Waals surface area contributed by atoms with Gasteiger partial charge in [0, 0.05) is 13.1 Å². The van der Waals surface area contributed by atoms with Crippen LogP contribution in [-0.2, 0) is 7.05 Å². The van der Waals surface area contributed by atoms with Crippen molar-refractivity contribution in [3.05, 3.63) is 39.5 Å². The van der Waals surface area contributed by atoms with Crippen molar-refractivity contribution in [1.82, 2.24) is 9.78 Å². The van der Waals surface area contributed by atoms with Crippen LogP contribution in [-0.4, -0.2) is 25.6 Å². The zero-order valence-corrected chi connectivity index (χ0v) is 14.2. The number of halogens is 2. The minimum absolute atomic E-state index is 0.116. The number of aliphatic hydroxyl groups is 1. The van der Waals surface area contributed by atoms with Crippen LogP contribution in [0.1, 0.15) is 24.1 Å². The third kappa shape index (κ3) is 3.32. The van der Waals surface area contributed by atoms with Gasteiger partial charge in [-0.2, -0.15) is 5.10 Å². The van der Waals surface area contributed by atoms with Crippen LogP contribution in [0.15, 0.2) is 18.2 Å². The van der Waals surface area contributed by atoms with E-state index < -0.39 is 5.60 Å². The maximum atomic E-state index is 9.96. The molecule has 0 saturated heterocycles. The minimum atomic E-state index is -0.713. The number of hydrogen-bond donors (Lipinski definition) is 2. The highest BCUT2D eigenvalue weighted by molar-refractivity contribution is 6.36. The number of hydrogen-bond acceptors (Lipinski definition) is 4. The van der Waals surface area contributed by atoms with E-state index in [2.05, 4.69) is 5.10 Å². The lowest BCUT2D eigenvalue weighted by Gasteiger charge is -2.10. The Hall–Kier alpha value is -1.69. The van der Waals surface area contributed by atoms with Crippen LogP contribution >= 0.6 is 23.2 Å². The van der Waals surface area contributed by atoms with Crippen LogP contribution in [0.4, 0.5) is 0 Å². The average Bonchev–Trinajstić information content (AvgIpc) is 3.14. The van der Waals surface area contributed by atoms with Gasteiger partial charge in [0.05, 0.1) is 26.9 Å². The highest BCUT2D eigenvalue weighted by atomic mass is 35.5. The molecule has 1 aromatic carbocycles. The Morgan fingerprint density at radius 2 is 2.00 bits per heavy atom. The molecular weight excluding hydrogens is 339 g/mol. The summed E-state index contributed by atoms with van der Waals surface area (Å²) in [6, 6.07) is 2.77. The Morgan fingerprint density at radius 3 is 2.65 bits per heavy atom. The van der Waals surface area contributed by atoms with Gasteiger partial charge in [-0.05, 0) is 31.9 Å². The van der Waals surface area contributed by atoms with Crippen molar-refractivity contribution >= 4 is 29.3 Å². The van der Waals surface area contributed by atoms with E-state index in [4.69, 9.17) is 27.9 Å². The molecule has 5 nitrogen and oxygen atoms in total. The van der Waals surface area contributed by atoms with Crippen LogP contribution in [0.25, 0.3) is 6.08 Å². The largest absolute Gasteiger partial charge is 0.506 e. The van der Waals surface area contributed by atoms with E-state index >= 15 is 0 Å². The number of phenols is 1. The van der Waals surface area contributed by atoms with Crippen molar-refractivity contribution in [3.63, 3.8) is 0 Å². The fourth-order valence-electron chi connectivity index (χ4n) is 2.20. The first-order valence-corrected chi connectivity index (χ1v) is 7.86. The number of rotatable bonds is 4. The number of aryl methyl sites for hydroxylation is 2. The lowest BCUT2D eigenvalue weighted by molar-refractivity contribution is 0.203. The van der Waals surface area contributed by atoms with Crippen molar-refractivity contribution in [2.24, 2.45) is 7.05 Å². The van der Waals surface area contributed by atoms with Crippen molar-refractivity contribution in [2.75, 3.05) is 0 Å². The fraction of sp³-hybridized carbons (Fsp3) is 0.312. The number of benzene rings is 1. The molecular formula is C16H16Cl2N2O3. The van der Waals surface area contributed by atoms with Gasteiger partial charge in [-0.3, -0.25) is 0 Å². The molecule has 0 radical (unpaired) electrons. The molecule has 1 heterocycles. The van der Waals surface area contributed by atoms with Gasteiger partial charge >= 0.3 is 0 Å². The Labute approximate surface area is 143 Å². The predicted molar refractivity (Wildman–Crippen MR) is 89.4 cm³/mol. The summed E-state index contributed by atoms with van der Waals surface area (Å²) in [5.41, 5.74) is 0.797. The summed E-state index contributed by atoms with van der Waals surface area (Å²) in [6.45, 7) is 1.85. The molecule has 0 amide bonds. The molecule has 0 unspecified atom stereocenters. The topological polar surface area (TPSA) is 67.5 Å². The zero-order chi connectivity index (χ0) is 16.8. The van der Waals surface area contributed by atoms with Gasteiger partial charge in [0.2, 0.25) is 5.88 Å². The molecule has 0 atom stereocenters. The zero-order valence-electron chi connectivity index (χ0n) is 12.7. The summed E-state index contributed by atoms with van der Waals surface area (Å²) in [5, 5.41) is 24.4. The molecule has 0 aliphatic heterocycles. The minimum Gasteiger partial charge on any atom is -0.506 e. The molecule has 1 aliphatic rings. The van der Waals surface area contributed by atoms with Crippen molar-refractivity contribution in [1.29, 1.82) is 0 Å². The third-order valence-corrected chi connectivity index (χ3v) is 4.34. The monoisotopic (exact) mass is 354 g/mol. The number of nitrogens with zero attached hydrogens (tertiary/aromatic N) is 2. The van der Waals surface area contributed by atoms with Crippen LogP contribution in [0.2, 0.25) is 10.0 Å². The second kappa shape index (κ2) is 5.74. The predicted octanol–water partition coefficient (Wildman–Crippen LogP) is 4.07. The number of aromatic hydroxyl groups is 1. The highest BCUT2D eigenvalue weighted by Crippen LogP contribution is 2.40. The van der Waals surface area contributed by atoms with Gasteiger partial charge in [0.1, 0.15) is 5.75 Å². The Kier molecular flexibility index (Phi) is 4.04. The molecule has 23 heavy (non-hydrogen) atoms. The number of aromatic nitrogens is 2. The van der Waals surface area contributed by atoms with Crippen molar-refractivity contribution in [2.45, 2.75) is 25.4 Å². The molecule has 122 valence electrons. The first-order valence-electron chi connectivity index (χ1n) is 7.10. The molecule has 0 spiro atoms. The van der Waals surface area contributed by atoms with E-state index in [-0.39, 0.29) is 21.5 Å². The molecule has 3 rings (SSSR count). The maximum absolute atomic E-state index is 9.96. The highest BCUT2D eigenvalue weighted by Gasteiger charge is 2.37. The summed E-state index contributed by atoms with van der Waals surface area (Å²) < 4.78 is 7.41. The summed E-state index contributed by atoms with van der Waals surface area (Å²) >= 11 is 11.9. The Morgan fingerprint density at radius 1 is 1.30 bits per heavy atom. The van der Waals surface area contributed by atoms with E-state index in [1.54, 1.807) is 23.9 Å². The molecule has 1 aliphatic carbocycles. The summed E-state index contributed by atoms with van der Waals surface area (Å²) in [4.78, 5) is 0. The van der Waals surface area contributed by atoms with E-state index in [1.807, 2.05) is 6.92 Å². The Bertz CT molecular complexity index is 795. The van der Waals surface area contributed by atoms with Gasteiger partial charge in [0.25, 0.3) is 0 Å². The molecule has 2 N–H and O–H groups in total. The second-order valence-corrected chi connectivity index (χ2v) is 6.52. The molecule has 2 aromatic rings. The second-order valence-electron chi connectivity index (χ2n) is 5.70. The van der Waals surface area contributed by atoms with Gasteiger partial charge in [0.15, 0.2) is 5.75 Å². The van der Waals surface area contributed by atoms with Gasteiger partial charge in [-0.25, -0.2) is 4.68 Å². The van der Waals surface area contributed by atoms with Crippen molar-refractivity contribution in [3.8, 4) is 17.4 Å². The molecule has 0 bridgehead atoms. The molecule has 1 fully saturated rings. The van der Waals surface area contributed by atoms with Gasteiger partial charge < -0.3 is 14.9 Å². The van der Waals surface area contributed by atoms with E-state index in [0.717, 1.165) is 24.1 Å². The normalized spacial score (nSPS) is 16.0. The SMILES string of the molecule is Cc1nn(C)c(Oc2cc(O)c(Cl)cc2Cl)c1C=CC1(O)CC1. The number of phenolic OH excluding ortho intramolecular Hbond substituents is 1. The first-order chi connectivity index (χ1) is 10.8. The lowest BCUT2D eigenvalue weighted by atomic mass is 10.2. The molecule has 7 heteroatoms. The average molecular weight is 355 g/mol. The number of ether oxygens (including phenoxy) is 1. The van der Waals surface area contributed by atoms with Crippen LogP contribution in [0.5, 0.6) is 17.4 Å².